The van der Waals surface area contributed by atoms with Crippen LogP contribution in [0.15, 0.2) is 72.8 Å². The van der Waals surface area contributed by atoms with Crippen LogP contribution in [0.1, 0.15) is 37.4 Å². The minimum Gasteiger partial charge on any atom is -0.454 e. The molecule has 3 amide bonds. The predicted molar refractivity (Wildman–Crippen MR) is 126 cm³/mol. The number of ether oxygens (including phenoxy) is 1. The van der Waals surface area contributed by atoms with E-state index in [2.05, 4.69) is 5.32 Å². The highest BCUT2D eigenvalue weighted by molar-refractivity contribution is 6.22. The van der Waals surface area contributed by atoms with Crippen molar-refractivity contribution in [2.24, 2.45) is 0 Å². The largest absolute Gasteiger partial charge is 0.454 e. The number of benzene rings is 3. The standard InChI is InChI=1S/C27H24N2O5/c1-17-9-8-14-22(18(17)2)28-24(30)16-34-27(33)23(15-19-10-4-3-5-11-19)29-25(31)20-12-6-7-13-21(20)26(29)32/h3-14,23H,15-16H2,1-2H3,(H,28,30). The monoisotopic (exact) mass is 456 g/mol. The Kier molecular flexibility index (Phi) is 6.54. The van der Waals surface area contributed by atoms with Gasteiger partial charge in [-0.2, -0.15) is 0 Å². The Hall–Kier alpha value is -4.26. The summed E-state index contributed by atoms with van der Waals surface area (Å²) < 4.78 is 5.29. The summed E-state index contributed by atoms with van der Waals surface area (Å²) >= 11 is 0. The van der Waals surface area contributed by atoms with Crippen molar-refractivity contribution in [3.63, 3.8) is 0 Å². The molecule has 0 saturated carbocycles. The number of anilines is 1. The van der Waals surface area contributed by atoms with Crippen LogP contribution in [-0.2, 0) is 20.7 Å². The molecule has 34 heavy (non-hydrogen) atoms. The van der Waals surface area contributed by atoms with Crippen LogP contribution in [0.2, 0.25) is 0 Å². The highest BCUT2D eigenvalue weighted by atomic mass is 16.5. The van der Waals surface area contributed by atoms with Crippen LogP contribution >= 0.6 is 0 Å². The molecule has 0 fully saturated rings. The molecular weight excluding hydrogens is 432 g/mol. The number of fused-ring (bicyclic) bond motifs is 1. The fraction of sp³-hybridized carbons (Fsp3) is 0.185. The number of carbonyl (C=O) groups excluding carboxylic acids is 4. The molecule has 1 aliphatic rings. The molecule has 0 spiro atoms. The van der Waals surface area contributed by atoms with Crippen molar-refractivity contribution < 1.29 is 23.9 Å². The Morgan fingerprint density at radius 3 is 2.12 bits per heavy atom. The minimum atomic E-state index is -1.21. The summed E-state index contributed by atoms with van der Waals surface area (Å²) in [5, 5.41) is 2.73. The number of rotatable bonds is 7. The van der Waals surface area contributed by atoms with Crippen LogP contribution in [-0.4, -0.2) is 41.2 Å². The first-order valence-electron chi connectivity index (χ1n) is 10.9. The number of nitrogens with zero attached hydrogens (tertiary/aromatic N) is 1. The van der Waals surface area contributed by atoms with Gasteiger partial charge in [0, 0.05) is 12.1 Å². The van der Waals surface area contributed by atoms with E-state index in [9.17, 15) is 19.2 Å². The summed E-state index contributed by atoms with van der Waals surface area (Å²) in [6.45, 7) is 3.27. The van der Waals surface area contributed by atoms with Gasteiger partial charge in [0.05, 0.1) is 11.1 Å². The van der Waals surface area contributed by atoms with Gasteiger partial charge < -0.3 is 10.1 Å². The Balaban J connectivity index is 1.52. The van der Waals surface area contributed by atoms with Gasteiger partial charge in [0.1, 0.15) is 6.04 Å². The third-order valence-corrected chi connectivity index (χ3v) is 5.91. The van der Waals surface area contributed by atoms with Crippen molar-refractivity contribution in [2.75, 3.05) is 11.9 Å². The summed E-state index contributed by atoms with van der Waals surface area (Å²) in [7, 11) is 0. The molecule has 4 rings (SSSR count). The molecule has 3 aromatic carbocycles. The molecule has 0 bridgehead atoms. The van der Waals surface area contributed by atoms with Crippen molar-refractivity contribution in [1.29, 1.82) is 0 Å². The van der Waals surface area contributed by atoms with Crippen LogP contribution in [0, 0.1) is 13.8 Å². The van der Waals surface area contributed by atoms with Crippen molar-refractivity contribution in [2.45, 2.75) is 26.3 Å². The average molecular weight is 456 g/mol. The maximum Gasteiger partial charge on any atom is 0.330 e. The lowest BCUT2D eigenvalue weighted by atomic mass is 10.0. The Morgan fingerprint density at radius 2 is 1.47 bits per heavy atom. The van der Waals surface area contributed by atoms with Gasteiger partial charge in [-0.3, -0.25) is 19.3 Å². The van der Waals surface area contributed by atoms with E-state index in [1.807, 2.05) is 32.0 Å². The molecule has 1 aliphatic heterocycles. The summed E-state index contributed by atoms with van der Waals surface area (Å²) in [6, 6.07) is 19.8. The lowest BCUT2D eigenvalue weighted by molar-refractivity contribution is -0.151. The smallest absolute Gasteiger partial charge is 0.330 e. The number of aryl methyl sites for hydroxylation is 1. The fourth-order valence-corrected chi connectivity index (χ4v) is 3.91. The van der Waals surface area contributed by atoms with Crippen LogP contribution in [0.3, 0.4) is 0 Å². The van der Waals surface area contributed by atoms with E-state index in [0.717, 1.165) is 21.6 Å². The van der Waals surface area contributed by atoms with E-state index in [1.165, 1.54) is 0 Å². The molecule has 7 heteroatoms. The third kappa shape index (κ3) is 4.59. The Bertz CT molecular complexity index is 1230. The van der Waals surface area contributed by atoms with Crippen LogP contribution < -0.4 is 5.32 Å². The molecule has 3 aromatic rings. The first-order valence-corrected chi connectivity index (χ1v) is 10.9. The number of nitrogens with one attached hydrogen (secondary N) is 1. The highest BCUT2D eigenvalue weighted by Gasteiger charge is 2.43. The fourth-order valence-electron chi connectivity index (χ4n) is 3.91. The van der Waals surface area contributed by atoms with Crippen molar-refractivity contribution in [1.82, 2.24) is 4.90 Å². The molecule has 1 atom stereocenters. The number of carbonyl (C=O) groups is 4. The van der Waals surface area contributed by atoms with Crippen LogP contribution in [0.25, 0.3) is 0 Å². The number of amides is 3. The molecule has 0 saturated heterocycles. The SMILES string of the molecule is Cc1cccc(NC(=O)COC(=O)C(Cc2ccccc2)N2C(=O)c3ccccc3C2=O)c1C. The number of esters is 1. The Morgan fingerprint density at radius 1 is 0.853 bits per heavy atom. The average Bonchev–Trinajstić information content (AvgIpc) is 3.09. The first-order chi connectivity index (χ1) is 16.4. The quantitative estimate of drug-likeness (QED) is 0.432. The molecule has 0 aliphatic carbocycles. The lowest BCUT2D eigenvalue weighted by Crippen LogP contribution is -2.47. The maximum atomic E-state index is 13.1. The third-order valence-electron chi connectivity index (χ3n) is 5.91. The van der Waals surface area contributed by atoms with Gasteiger partial charge in [-0.1, -0.05) is 54.6 Å². The molecular formula is C27H24N2O5. The van der Waals surface area contributed by atoms with E-state index in [-0.39, 0.29) is 17.5 Å². The molecule has 0 aromatic heterocycles. The van der Waals surface area contributed by atoms with E-state index in [0.29, 0.717) is 5.69 Å². The molecule has 0 radical (unpaired) electrons. The van der Waals surface area contributed by atoms with E-state index < -0.39 is 36.3 Å². The zero-order chi connectivity index (χ0) is 24.2. The minimum absolute atomic E-state index is 0.0732. The topological polar surface area (TPSA) is 92.8 Å². The second kappa shape index (κ2) is 9.70. The van der Waals surface area contributed by atoms with Gasteiger partial charge >= 0.3 is 5.97 Å². The summed E-state index contributed by atoms with van der Waals surface area (Å²) in [5.74, 6) is -2.45. The van der Waals surface area contributed by atoms with Crippen molar-refractivity contribution in [3.8, 4) is 0 Å². The maximum absolute atomic E-state index is 13.1. The van der Waals surface area contributed by atoms with E-state index in [4.69, 9.17) is 4.74 Å². The lowest BCUT2D eigenvalue weighted by Gasteiger charge is -2.24. The number of hydrogen-bond acceptors (Lipinski definition) is 5. The highest BCUT2D eigenvalue weighted by Crippen LogP contribution is 2.26. The van der Waals surface area contributed by atoms with E-state index >= 15 is 0 Å². The van der Waals surface area contributed by atoms with Crippen molar-refractivity contribution in [3.05, 3.63) is 101 Å². The molecule has 172 valence electrons. The predicted octanol–water partition coefficient (Wildman–Crippen LogP) is 3.69. The zero-order valence-corrected chi connectivity index (χ0v) is 18.9. The molecule has 1 heterocycles. The van der Waals surface area contributed by atoms with Gasteiger partial charge in [-0.15, -0.1) is 0 Å². The molecule has 1 N–H and O–H groups in total. The molecule has 7 nitrogen and oxygen atoms in total. The van der Waals surface area contributed by atoms with Gasteiger partial charge in [-0.05, 0) is 48.7 Å². The Labute approximate surface area is 197 Å². The first kappa shape index (κ1) is 22.9. The van der Waals surface area contributed by atoms with Crippen molar-refractivity contribution >= 4 is 29.4 Å². The number of hydrogen-bond donors (Lipinski definition) is 1. The van der Waals surface area contributed by atoms with E-state index in [1.54, 1.807) is 54.6 Å². The van der Waals surface area contributed by atoms with Gasteiger partial charge in [0.15, 0.2) is 6.61 Å². The van der Waals surface area contributed by atoms with Gasteiger partial charge in [0.2, 0.25) is 0 Å². The second-order valence-electron chi connectivity index (χ2n) is 8.13. The normalized spacial score (nSPS) is 13.4. The van der Waals surface area contributed by atoms with Gasteiger partial charge in [-0.25, -0.2) is 4.79 Å². The number of imide groups is 1. The molecule has 1 unspecified atom stereocenters. The van der Waals surface area contributed by atoms with Gasteiger partial charge in [0.25, 0.3) is 17.7 Å². The van der Waals surface area contributed by atoms with Crippen LogP contribution in [0.5, 0.6) is 0 Å². The summed E-state index contributed by atoms with van der Waals surface area (Å²) in [4.78, 5) is 52.5. The van der Waals surface area contributed by atoms with Crippen LogP contribution in [0.4, 0.5) is 5.69 Å². The summed E-state index contributed by atoms with van der Waals surface area (Å²) in [6.07, 6.45) is 0.0732. The second-order valence-corrected chi connectivity index (χ2v) is 8.13. The zero-order valence-electron chi connectivity index (χ0n) is 18.9. The summed E-state index contributed by atoms with van der Waals surface area (Å²) in [5.41, 5.74) is 3.79.